The van der Waals surface area contributed by atoms with Crippen molar-refractivity contribution >= 4 is 23.4 Å². The Morgan fingerprint density at radius 3 is 2.48 bits per heavy atom. The number of rotatable bonds is 6. The molecule has 0 amide bonds. The number of methoxy groups -OCH3 is 1. The van der Waals surface area contributed by atoms with Crippen LogP contribution in [0.25, 0.3) is 22.3 Å². The molecule has 0 atom stereocenters. The van der Waals surface area contributed by atoms with Crippen molar-refractivity contribution in [2.45, 2.75) is 12.8 Å². The van der Waals surface area contributed by atoms with Crippen molar-refractivity contribution in [3.05, 3.63) is 40.6 Å². The van der Waals surface area contributed by atoms with Crippen LogP contribution in [0.3, 0.4) is 0 Å². The van der Waals surface area contributed by atoms with Gasteiger partial charge in [0.15, 0.2) is 17.3 Å². The first-order valence-electron chi connectivity index (χ1n) is 9.73. The molecule has 0 spiro atoms. The predicted octanol–water partition coefficient (Wildman–Crippen LogP) is 3.48. The largest absolute Gasteiger partial charge is 0.508 e. The molecule has 1 aromatic heterocycles. The molecule has 31 heavy (non-hydrogen) atoms. The van der Waals surface area contributed by atoms with Crippen molar-refractivity contribution in [3.63, 3.8) is 0 Å². The van der Waals surface area contributed by atoms with Gasteiger partial charge in [-0.15, -0.1) is 12.4 Å². The third kappa shape index (κ3) is 4.50. The molecule has 166 valence electrons. The van der Waals surface area contributed by atoms with Crippen LogP contribution in [0.4, 0.5) is 0 Å². The summed E-state index contributed by atoms with van der Waals surface area (Å²) >= 11 is 0. The van der Waals surface area contributed by atoms with Gasteiger partial charge in [0.25, 0.3) is 0 Å². The van der Waals surface area contributed by atoms with Gasteiger partial charge in [-0.25, -0.2) is 0 Å². The molecule has 2 aromatic carbocycles. The molecular formula is C22H24ClNO7. The van der Waals surface area contributed by atoms with Gasteiger partial charge >= 0.3 is 0 Å². The highest BCUT2D eigenvalue weighted by atomic mass is 35.5. The van der Waals surface area contributed by atoms with Crippen LogP contribution in [-0.2, 0) is 0 Å². The van der Waals surface area contributed by atoms with E-state index in [2.05, 4.69) is 4.90 Å². The minimum atomic E-state index is -0.461. The molecule has 1 aliphatic rings. The van der Waals surface area contributed by atoms with E-state index in [1.807, 2.05) is 0 Å². The van der Waals surface area contributed by atoms with E-state index in [9.17, 15) is 20.1 Å². The predicted molar refractivity (Wildman–Crippen MR) is 118 cm³/mol. The molecule has 1 fully saturated rings. The summed E-state index contributed by atoms with van der Waals surface area (Å²) in [6, 6.07) is 6.74. The molecule has 1 aliphatic heterocycles. The lowest BCUT2D eigenvalue weighted by Crippen LogP contribution is -2.25. The molecule has 3 N–H and O–H groups in total. The Balaban J connectivity index is 0.00000272. The number of phenols is 3. The van der Waals surface area contributed by atoms with Gasteiger partial charge in [-0.1, -0.05) is 0 Å². The van der Waals surface area contributed by atoms with Crippen molar-refractivity contribution in [1.82, 2.24) is 4.90 Å². The number of hydrogen-bond acceptors (Lipinski definition) is 8. The van der Waals surface area contributed by atoms with Crippen LogP contribution in [0.2, 0.25) is 0 Å². The maximum Gasteiger partial charge on any atom is 0.239 e. The van der Waals surface area contributed by atoms with Crippen molar-refractivity contribution in [1.29, 1.82) is 0 Å². The first-order chi connectivity index (χ1) is 14.5. The third-order valence-corrected chi connectivity index (χ3v) is 5.21. The van der Waals surface area contributed by atoms with E-state index in [1.165, 1.54) is 50.3 Å². The van der Waals surface area contributed by atoms with Crippen LogP contribution in [0.5, 0.6) is 28.7 Å². The summed E-state index contributed by atoms with van der Waals surface area (Å²) in [5.41, 5.74) is -0.00183. The average molecular weight is 450 g/mol. The highest BCUT2D eigenvalue weighted by Gasteiger charge is 2.22. The SMILES string of the molecule is COc1c(-c2ccc(O)c(O)c2)oc2cc(O)cc(OCCN3CCCC3)c2c1=O.Cl. The Morgan fingerprint density at radius 2 is 1.81 bits per heavy atom. The minimum absolute atomic E-state index is 0. The molecular weight excluding hydrogens is 426 g/mol. The topological polar surface area (TPSA) is 113 Å². The van der Waals surface area contributed by atoms with Crippen molar-refractivity contribution in [3.8, 4) is 40.1 Å². The molecule has 0 radical (unpaired) electrons. The lowest BCUT2D eigenvalue weighted by atomic mass is 10.1. The molecule has 1 saturated heterocycles. The Labute approximate surface area is 184 Å². The molecule has 0 aliphatic carbocycles. The fourth-order valence-corrected chi connectivity index (χ4v) is 3.70. The highest BCUT2D eigenvalue weighted by Crippen LogP contribution is 2.38. The second kappa shape index (κ2) is 9.36. The molecule has 2 heterocycles. The number of benzene rings is 2. The first kappa shape index (κ1) is 22.6. The van der Waals surface area contributed by atoms with E-state index in [4.69, 9.17) is 13.9 Å². The second-order valence-electron chi connectivity index (χ2n) is 7.21. The normalized spacial score (nSPS) is 13.8. The Hall–Kier alpha value is -3.10. The van der Waals surface area contributed by atoms with E-state index < -0.39 is 5.43 Å². The van der Waals surface area contributed by atoms with E-state index in [1.54, 1.807) is 0 Å². The van der Waals surface area contributed by atoms with E-state index in [0.29, 0.717) is 12.2 Å². The van der Waals surface area contributed by atoms with E-state index in [0.717, 1.165) is 19.6 Å². The Morgan fingerprint density at radius 1 is 1.06 bits per heavy atom. The number of nitrogens with zero attached hydrogens (tertiary/aromatic N) is 1. The zero-order chi connectivity index (χ0) is 21.3. The fraction of sp³-hybridized carbons (Fsp3) is 0.318. The summed E-state index contributed by atoms with van der Waals surface area (Å²) in [4.78, 5) is 15.5. The lowest BCUT2D eigenvalue weighted by molar-refractivity contribution is 0.239. The Bertz CT molecular complexity index is 1140. The average Bonchev–Trinajstić information content (AvgIpc) is 3.23. The number of fused-ring (bicyclic) bond motifs is 1. The second-order valence-corrected chi connectivity index (χ2v) is 7.21. The Kier molecular flexibility index (Phi) is 6.82. The zero-order valence-electron chi connectivity index (χ0n) is 17.0. The van der Waals surface area contributed by atoms with Gasteiger partial charge in [-0.3, -0.25) is 9.69 Å². The maximum atomic E-state index is 13.2. The molecule has 0 bridgehead atoms. The number of hydrogen-bond donors (Lipinski definition) is 3. The summed E-state index contributed by atoms with van der Waals surface area (Å²) in [6.45, 7) is 3.16. The van der Waals surface area contributed by atoms with Crippen LogP contribution in [0, 0.1) is 0 Å². The summed E-state index contributed by atoms with van der Waals surface area (Å²) in [5, 5.41) is 29.6. The fourth-order valence-electron chi connectivity index (χ4n) is 3.70. The number of aromatic hydroxyl groups is 3. The van der Waals surface area contributed by atoms with Crippen LogP contribution >= 0.6 is 12.4 Å². The molecule has 0 saturated carbocycles. The zero-order valence-corrected chi connectivity index (χ0v) is 17.8. The summed E-state index contributed by atoms with van der Waals surface area (Å²) in [5.74, 6) is -0.546. The summed E-state index contributed by atoms with van der Waals surface area (Å²) in [7, 11) is 1.34. The van der Waals surface area contributed by atoms with E-state index >= 15 is 0 Å². The van der Waals surface area contributed by atoms with Crippen LogP contribution in [0.15, 0.2) is 39.5 Å². The smallest absolute Gasteiger partial charge is 0.239 e. The van der Waals surface area contributed by atoms with Crippen LogP contribution in [-0.4, -0.2) is 53.6 Å². The van der Waals surface area contributed by atoms with Gasteiger partial charge in [-0.2, -0.15) is 0 Å². The third-order valence-electron chi connectivity index (χ3n) is 5.21. The molecule has 3 aromatic rings. The van der Waals surface area contributed by atoms with Crippen LogP contribution < -0.4 is 14.9 Å². The number of halogens is 1. The monoisotopic (exact) mass is 449 g/mol. The van der Waals surface area contributed by atoms with Crippen LogP contribution in [0.1, 0.15) is 12.8 Å². The van der Waals surface area contributed by atoms with Gasteiger partial charge in [-0.05, 0) is 44.1 Å². The van der Waals surface area contributed by atoms with E-state index in [-0.39, 0.29) is 57.9 Å². The van der Waals surface area contributed by atoms with Gasteiger partial charge in [0.1, 0.15) is 29.1 Å². The standard InChI is InChI=1S/C22H23NO7.ClH/c1-28-22-20(27)19-17(29-9-8-23-6-2-3-7-23)11-14(24)12-18(19)30-21(22)13-4-5-15(25)16(26)10-13;/h4-5,10-12,24-26H,2-3,6-9H2,1H3;1H. The highest BCUT2D eigenvalue weighted by molar-refractivity contribution is 5.88. The summed E-state index contributed by atoms with van der Waals surface area (Å²) in [6.07, 6.45) is 2.34. The summed E-state index contributed by atoms with van der Waals surface area (Å²) < 4.78 is 17.0. The van der Waals surface area contributed by atoms with Crippen molar-refractivity contribution < 1.29 is 29.2 Å². The first-order valence-corrected chi connectivity index (χ1v) is 9.73. The molecule has 4 rings (SSSR count). The number of phenolic OH excluding ortho intramolecular Hbond substituents is 3. The quantitative estimate of drug-likeness (QED) is 0.490. The van der Waals surface area contributed by atoms with Gasteiger partial charge in [0, 0.05) is 24.2 Å². The van der Waals surface area contributed by atoms with Gasteiger partial charge < -0.3 is 29.2 Å². The van der Waals surface area contributed by atoms with Crippen molar-refractivity contribution in [2.24, 2.45) is 0 Å². The molecule has 8 nitrogen and oxygen atoms in total. The van der Waals surface area contributed by atoms with Crippen molar-refractivity contribution in [2.75, 3.05) is 33.4 Å². The number of likely N-dealkylation sites (tertiary alicyclic amines) is 1. The van der Waals surface area contributed by atoms with Gasteiger partial charge in [0.2, 0.25) is 11.2 Å². The lowest BCUT2D eigenvalue weighted by Gasteiger charge is -2.16. The number of ether oxygens (including phenoxy) is 2. The molecule has 0 unspecified atom stereocenters. The van der Waals surface area contributed by atoms with Gasteiger partial charge in [0.05, 0.1) is 7.11 Å². The minimum Gasteiger partial charge on any atom is -0.508 e. The molecule has 9 heteroatoms. The maximum absolute atomic E-state index is 13.2.